The quantitative estimate of drug-likeness (QED) is 0.737. The topological polar surface area (TPSA) is 97.1 Å². The van der Waals surface area contributed by atoms with E-state index in [0.29, 0.717) is 17.0 Å². The fourth-order valence-corrected chi connectivity index (χ4v) is 3.85. The molecule has 1 saturated carbocycles. The van der Waals surface area contributed by atoms with E-state index in [9.17, 15) is 9.59 Å². The summed E-state index contributed by atoms with van der Waals surface area (Å²) >= 11 is 1.11. The molecule has 3 amide bonds. The van der Waals surface area contributed by atoms with E-state index < -0.39 is 11.9 Å². The molecule has 1 aromatic heterocycles. The number of hydrogen-bond acceptors (Lipinski definition) is 6. The largest absolute Gasteiger partial charge is 0.411 e. The molecular formula is C20H26N4O3S. The molecule has 0 spiro atoms. The number of imide groups is 1. The summed E-state index contributed by atoms with van der Waals surface area (Å²) in [5, 5.41) is 13.6. The maximum Gasteiger partial charge on any atom is 0.321 e. The minimum absolute atomic E-state index is 0.0300. The summed E-state index contributed by atoms with van der Waals surface area (Å²) in [6, 6.07) is 5.60. The molecule has 1 aromatic carbocycles. The van der Waals surface area contributed by atoms with Crippen molar-refractivity contribution in [1.29, 1.82) is 0 Å². The van der Waals surface area contributed by atoms with Crippen LogP contribution in [-0.4, -0.2) is 33.9 Å². The van der Waals surface area contributed by atoms with Crippen LogP contribution in [0, 0.1) is 19.8 Å². The summed E-state index contributed by atoms with van der Waals surface area (Å²) < 4.78 is 5.62. The predicted molar refractivity (Wildman–Crippen MR) is 108 cm³/mol. The standard InChI is InChI=1S/C20H26N4O3S/c1-12-8-9-15(10-14(12)3)18-23-24-20(27-18)28-11-17(25)22-19(26)21-16-7-5-4-6-13(16)2/h8-10,13,16H,4-7,11H2,1-3H3,(H2,21,22,25,26)/t13-,16-/m1/s1. The predicted octanol–water partition coefficient (Wildman–Crippen LogP) is 3.85. The number of carbonyl (C=O) groups is 2. The maximum atomic E-state index is 12.0. The van der Waals surface area contributed by atoms with E-state index in [1.54, 1.807) is 0 Å². The smallest absolute Gasteiger partial charge is 0.321 e. The Hall–Kier alpha value is -2.35. The highest BCUT2D eigenvalue weighted by atomic mass is 32.2. The third kappa shape index (κ3) is 5.34. The number of amides is 3. The van der Waals surface area contributed by atoms with Gasteiger partial charge in [-0.15, -0.1) is 10.2 Å². The molecule has 0 radical (unpaired) electrons. The lowest BCUT2D eigenvalue weighted by atomic mass is 9.86. The minimum atomic E-state index is -0.439. The van der Waals surface area contributed by atoms with Crippen LogP contribution in [0.25, 0.3) is 11.5 Å². The Bertz CT molecular complexity index is 852. The number of nitrogens with zero attached hydrogens (tertiary/aromatic N) is 2. The summed E-state index contributed by atoms with van der Waals surface area (Å²) in [6.45, 7) is 6.19. The molecule has 1 heterocycles. The summed E-state index contributed by atoms with van der Waals surface area (Å²) in [5.41, 5.74) is 3.17. The fourth-order valence-electron chi connectivity index (χ4n) is 3.28. The van der Waals surface area contributed by atoms with E-state index >= 15 is 0 Å². The molecule has 0 unspecified atom stereocenters. The first-order valence-corrected chi connectivity index (χ1v) is 10.5. The third-order valence-corrected chi connectivity index (χ3v) is 5.99. The molecule has 1 aliphatic carbocycles. The van der Waals surface area contributed by atoms with E-state index in [-0.39, 0.29) is 11.8 Å². The summed E-state index contributed by atoms with van der Waals surface area (Å²) in [6.07, 6.45) is 4.37. The first kappa shape index (κ1) is 20.4. The molecule has 0 saturated heterocycles. The van der Waals surface area contributed by atoms with Crippen molar-refractivity contribution >= 4 is 23.7 Å². The van der Waals surface area contributed by atoms with Gasteiger partial charge in [-0.2, -0.15) is 0 Å². The molecule has 2 N–H and O–H groups in total. The van der Waals surface area contributed by atoms with Crippen LogP contribution in [0.5, 0.6) is 0 Å². The normalized spacial score (nSPS) is 19.2. The first-order chi connectivity index (χ1) is 13.4. The van der Waals surface area contributed by atoms with Gasteiger partial charge in [0.15, 0.2) is 0 Å². The molecule has 7 nitrogen and oxygen atoms in total. The molecule has 1 aliphatic rings. The number of nitrogens with one attached hydrogen (secondary N) is 2. The average molecular weight is 403 g/mol. The van der Waals surface area contributed by atoms with Crippen LogP contribution < -0.4 is 10.6 Å². The van der Waals surface area contributed by atoms with Crippen molar-refractivity contribution in [3.8, 4) is 11.5 Å². The highest BCUT2D eigenvalue weighted by Gasteiger charge is 2.23. The number of hydrogen-bond donors (Lipinski definition) is 2. The van der Waals surface area contributed by atoms with Crippen LogP contribution in [0.4, 0.5) is 4.79 Å². The number of carbonyl (C=O) groups excluding carboxylic acids is 2. The second-order valence-electron chi connectivity index (χ2n) is 7.35. The van der Waals surface area contributed by atoms with Crippen molar-refractivity contribution in [3.05, 3.63) is 29.3 Å². The number of thioether (sulfide) groups is 1. The van der Waals surface area contributed by atoms with Crippen molar-refractivity contribution in [3.63, 3.8) is 0 Å². The molecule has 150 valence electrons. The lowest BCUT2D eigenvalue weighted by Gasteiger charge is -2.29. The summed E-state index contributed by atoms with van der Waals surface area (Å²) in [5.74, 6) is 0.487. The van der Waals surface area contributed by atoms with Gasteiger partial charge in [0.2, 0.25) is 11.8 Å². The number of urea groups is 1. The van der Waals surface area contributed by atoms with Crippen LogP contribution >= 0.6 is 11.8 Å². The molecule has 28 heavy (non-hydrogen) atoms. The zero-order valence-corrected chi connectivity index (χ0v) is 17.3. The Morgan fingerprint density at radius 3 is 2.71 bits per heavy atom. The second kappa shape index (κ2) is 9.23. The van der Waals surface area contributed by atoms with Gasteiger partial charge in [-0.05, 0) is 55.9 Å². The van der Waals surface area contributed by atoms with Gasteiger partial charge >= 0.3 is 6.03 Å². The highest BCUT2D eigenvalue weighted by molar-refractivity contribution is 7.99. The number of aryl methyl sites for hydroxylation is 2. The Balaban J connectivity index is 1.47. The minimum Gasteiger partial charge on any atom is -0.411 e. The van der Waals surface area contributed by atoms with Gasteiger partial charge in [0.05, 0.1) is 5.75 Å². The van der Waals surface area contributed by atoms with E-state index in [2.05, 4.69) is 27.8 Å². The molecule has 0 aliphatic heterocycles. The molecule has 2 aromatic rings. The lowest BCUT2D eigenvalue weighted by molar-refractivity contribution is -0.117. The molecule has 0 bridgehead atoms. The third-order valence-electron chi connectivity index (χ3n) is 5.17. The number of aromatic nitrogens is 2. The second-order valence-corrected chi connectivity index (χ2v) is 8.28. The monoisotopic (exact) mass is 402 g/mol. The lowest BCUT2D eigenvalue weighted by Crippen LogP contribution is -2.48. The van der Waals surface area contributed by atoms with Crippen LogP contribution in [0.3, 0.4) is 0 Å². The van der Waals surface area contributed by atoms with E-state index in [4.69, 9.17) is 4.42 Å². The maximum absolute atomic E-state index is 12.0. The highest BCUT2D eigenvalue weighted by Crippen LogP contribution is 2.25. The summed E-state index contributed by atoms with van der Waals surface area (Å²) in [7, 11) is 0. The van der Waals surface area contributed by atoms with Gasteiger partial charge in [0.1, 0.15) is 0 Å². The number of rotatable bonds is 5. The Labute approximate surface area is 169 Å². The first-order valence-electron chi connectivity index (χ1n) is 9.56. The molecule has 2 atom stereocenters. The van der Waals surface area contributed by atoms with Crippen molar-refractivity contribution in [2.75, 3.05) is 5.75 Å². The zero-order valence-electron chi connectivity index (χ0n) is 16.4. The van der Waals surface area contributed by atoms with Crippen LogP contribution in [0.2, 0.25) is 0 Å². The van der Waals surface area contributed by atoms with Crippen LogP contribution in [0.15, 0.2) is 27.8 Å². The summed E-state index contributed by atoms with van der Waals surface area (Å²) in [4.78, 5) is 24.0. The zero-order chi connectivity index (χ0) is 20.1. The van der Waals surface area contributed by atoms with Gasteiger partial charge in [0.25, 0.3) is 5.22 Å². The molecule has 1 fully saturated rings. The Morgan fingerprint density at radius 1 is 1.18 bits per heavy atom. The van der Waals surface area contributed by atoms with Gasteiger partial charge in [0, 0.05) is 11.6 Å². The van der Waals surface area contributed by atoms with Gasteiger partial charge in [-0.3, -0.25) is 10.1 Å². The van der Waals surface area contributed by atoms with Crippen molar-refractivity contribution in [1.82, 2.24) is 20.8 Å². The van der Waals surface area contributed by atoms with Crippen molar-refractivity contribution < 1.29 is 14.0 Å². The van der Waals surface area contributed by atoms with Gasteiger partial charge < -0.3 is 9.73 Å². The Kier molecular flexibility index (Phi) is 6.72. The van der Waals surface area contributed by atoms with Crippen LogP contribution in [0.1, 0.15) is 43.7 Å². The molecular weight excluding hydrogens is 376 g/mol. The average Bonchev–Trinajstić information content (AvgIpc) is 3.13. The van der Waals surface area contributed by atoms with Gasteiger partial charge in [-0.25, -0.2) is 4.79 Å². The fraction of sp³-hybridized carbons (Fsp3) is 0.500. The Morgan fingerprint density at radius 2 is 1.96 bits per heavy atom. The number of benzene rings is 1. The molecule has 3 rings (SSSR count). The van der Waals surface area contributed by atoms with Crippen molar-refractivity contribution in [2.45, 2.75) is 57.7 Å². The van der Waals surface area contributed by atoms with Crippen LogP contribution in [-0.2, 0) is 4.79 Å². The van der Waals surface area contributed by atoms with E-state index in [1.165, 1.54) is 12.0 Å². The SMILES string of the molecule is Cc1ccc(-c2nnc(SCC(=O)NC(=O)N[C@@H]3CCCC[C@H]3C)o2)cc1C. The molecule has 8 heteroatoms. The van der Waals surface area contributed by atoms with E-state index in [0.717, 1.165) is 42.2 Å². The van der Waals surface area contributed by atoms with Gasteiger partial charge in [-0.1, -0.05) is 37.6 Å². The van der Waals surface area contributed by atoms with E-state index in [1.807, 2.05) is 32.0 Å². The van der Waals surface area contributed by atoms with Crippen molar-refractivity contribution in [2.24, 2.45) is 5.92 Å².